The van der Waals surface area contributed by atoms with Crippen LogP contribution in [0.4, 0.5) is 24.7 Å². The second-order valence-electron chi connectivity index (χ2n) is 23.2. The molecule has 3 unspecified atom stereocenters. The third-order valence-electron chi connectivity index (χ3n) is 17.9. The predicted molar refractivity (Wildman–Crippen MR) is 273 cm³/mol. The number of fused-ring (bicyclic) bond motifs is 2. The minimum atomic E-state index is -4.64. The summed E-state index contributed by atoms with van der Waals surface area (Å²) in [5.41, 5.74) is 1.86. The highest BCUT2D eigenvalue weighted by Gasteiger charge is 2.48. The number of aryl methyl sites for hydroxylation is 1. The smallest absolute Gasteiger partial charge is 0.357 e. The first-order valence-corrected chi connectivity index (χ1v) is 26.9. The van der Waals surface area contributed by atoms with Crippen LogP contribution in [0, 0.1) is 29.1 Å². The molecule has 4 amide bonds. The number of nitrogens with one attached hydrogen (secondary N) is 1. The summed E-state index contributed by atoms with van der Waals surface area (Å²) < 4.78 is 46.7. The quantitative estimate of drug-likeness (QED) is 0.150. The first-order chi connectivity index (χ1) is 35.9. The first-order valence-electron chi connectivity index (χ1n) is 26.9. The summed E-state index contributed by atoms with van der Waals surface area (Å²) in [6, 6.07) is 15.6. The number of hydrogen-bond acceptors (Lipinski definition) is 12. The maximum absolute atomic E-state index is 15.0. The van der Waals surface area contributed by atoms with E-state index in [1.807, 2.05) is 48.9 Å². The zero-order chi connectivity index (χ0) is 52.6. The van der Waals surface area contributed by atoms with Gasteiger partial charge in [-0.15, -0.1) is 10.2 Å². The van der Waals surface area contributed by atoms with Crippen molar-refractivity contribution in [3.05, 3.63) is 99.8 Å². The molecule has 75 heavy (non-hydrogen) atoms. The molecule has 0 spiro atoms. The van der Waals surface area contributed by atoms with Crippen LogP contribution < -0.4 is 15.1 Å². The van der Waals surface area contributed by atoms with Gasteiger partial charge in [0, 0.05) is 107 Å². The normalized spacial score (nSPS) is 26.8. The topological polar surface area (TPSA) is 167 Å². The lowest BCUT2D eigenvalue weighted by Crippen LogP contribution is -2.53. The van der Waals surface area contributed by atoms with Crippen molar-refractivity contribution < 1.29 is 32.3 Å². The largest absolute Gasteiger partial charge is 0.416 e. The lowest BCUT2D eigenvalue weighted by Gasteiger charge is -2.47. The number of carbonyl (C=O) groups excluding carboxylic acids is 4. The zero-order valence-corrected chi connectivity index (χ0v) is 43.4. The van der Waals surface area contributed by atoms with E-state index in [2.05, 4.69) is 55.0 Å². The molecule has 2 aromatic heterocycles. The number of nitrogens with zero attached hydrogens (tertiary/aromatic N) is 11. The number of aromatic nitrogens is 4. The van der Waals surface area contributed by atoms with Gasteiger partial charge in [0.25, 0.3) is 11.8 Å². The van der Waals surface area contributed by atoms with Crippen molar-refractivity contribution in [2.75, 3.05) is 68.7 Å². The molecule has 396 valence electrons. The maximum atomic E-state index is 15.0. The van der Waals surface area contributed by atoms with Crippen molar-refractivity contribution in [2.45, 2.75) is 121 Å². The third kappa shape index (κ3) is 9.82. The number of pyridine rings is 1. The second-order valence-corrected chi connectivity index (χ2v) is 23.2. The van der Waals surface area contributed by atoms with Gasteiger partial charge < -0.3 is 29.1 Å². The molecule has 2 aromatic carbocycles. The number of nitriles is 1. The lowest BCUT2D eigenvalue weighted by atomic mass is 9.57. The van der Waals surface area contributed by atoms with Gasteiger partial charge in [0.1, 0.15) is 24.0 Å². The summed E-state index contributed by atoms with van der Waals surface area (Å²) in [6.07, 6.45) is 3.28. The fourth-order valence-electron chi connectivity index (χ4n) is 13.7. The number of piperazine rings is 1. The fourth-order valence-corrected chi connectivity index (χ4v) is 13.7. The number of benzene rings is 2. The molecule has 4 aromatic rings. The predicted octanol–water partition coefficient (Wildman–Crippen LogP) is 6.65. The Balaban J connectivity index is 0.664. The summed E-state index contributed by atoms with van der Waals surface area (Å²) in [4.78, 5) is 69.8. The number of anilines is 2. The summed E-state index contributed by atoms with van der Waals surface area (Å²) >= 11 is 0. The molecule has 1 N–H and O–H groups in total. The van der Waals surface area contributed by atoms with E-state index in [0.29, 0.717) is 66.6 Å². The second kappa shape index (κ2) is 19.7. The Morgan fingerprint density at radius 2 is 1.56 bits per heavy atom. The highest BCUT2D eigenvalue weighted by molar-refractivity contribution is 6.10. The van der Waals surface area contributed by atoms with E-state index in [-0.39, 0.29) is 53.4 Å². The number of hydrogen-bond donors (Lipinski definition) is 1. The third-order valence-corrected chi connectivity index (χ3v) is 17.9. The van der Waals surface area contributed by atoms with Gasteiger partial charge in [-0.2, -0.15) is 18.4 Å². The van der Waals surface area contributed by atoms with Gasteiger partial charge in [-0.05, 0) is 137 Å². The number of rotatable bonds is 12. The van der Waals surface area contributed by atoms with Gasteiger partial charge in [0.15, 0.2) is 0 Å². The molecule has 11 rings (SSSR count). The Bertz CT molecular complexity index is 2930. The van der Waals surface area contributed by atoms with E-state index in [9.17, 15) is 37.6 Å². The maximum Gasteiger partial charge on any atom is 0.416 e. The standard InChI is InChI=1S/C56H67F3N12O4/c1-35-50-42(53(75)71(35)46-9-11-49(72)63-51(46)73)8-10-47(62-50)68-15-12-36(13-16-68)30-66-18-20-67(21-19-66)31-37-14-17-69(54(2,3)25-37)32-38-22-43-44(45(23-38)56(57,58)59)33-70(52(43)74)41-7-5-6-40(24-41)55(26-39(27-55)29-60)28-48-64-61-34-65(48)4/h5-8,10,22-24,34-37,39,46H,9,11-21,25-28,30-33H2,1-4H3,(H,63,72,73). The summed E-state index contributed by atoms with van der Waals surface area (Å²) in [7, 11) is 1.88. The van der Waals surface area contributed by atoms with Gasteiger partial charge in [-0.1, -0.05) is 12.1 Å². The van der Waals surface area contributed by atoms with E-state index >= 15 is 0 Å². The van der Waals surface area contributed by atoms with E-state index in [0.717, 1.165) is 102 Å². The van der Waals surface area contributed by atoms with Gasteiger partial charge in [0.2, 0.25) is 11.8 Å². The Hall–Kier alpha value is -6.23. The minimum Gasteiger partial charge on any atom is -0.357 e. The SMILES string of the molecule is CC1c2nc(N3CCC(CN4CCN(CC5CCN(Cc6cc7c(c(C(F)(F)F)c6)CN(c6cccc(C8(Cc9nncn9C)CC(C#N)C8)c6)C7=O)C(C)(C)C5)CC4)CC3)ccc2C(=O)N1C1CCC(=O)NC1=O. The van der Waals surface area contributed by atoms with Crippen LogP contribution in [0.3, 0.4) is 0 Å². The van der Waals surface area contributed by atoms with Gasteiger partial charge in [-0.3, -0.25) is 29.4 Å². The molecule has 4 saturated heterocycles. The molecule has 0 radical (unpaired) electrons. The van der Waals surface area contributed by atoms with Gasteiger partial charge in [-0.25, -0.2) is 4.98 Å². The van der Waals surface area contributed by atoms with E-state index in [1.165, 1.54) is 11.0 Å². The van der Waals surface area contributed by atoms with Crippen LogP contribution in [0.2, 0.25) is 0 Å². The highest BCUT2D eigenvalue weighted by Crippen LogP contribution is 2.51. The molecule has 7 aliphatic rings. The lowest BCUT2D eigenvalue weighted by molar-refractivity contribution is -0.139. The monoisotopic (exact) mass is 1030 g/mol. The first kappa shape index (κ1) is 50.9. The van der Waals surface area contributed by atoms with Crippen LogP contribution >= 0.6 is 0 Å². The van der Waals surface area contributed by atoms with Crippen LogP contribution in [-0.2, 0) is 47.7 Å². The molecule has 1 saturated carbocycles. The van der Waals surface area contributed by atoms with E-state index < -0.39 is 35.0 Å². The number of imide groups is 1. The molecule has 8 heterocycles. The van der Waals surface area contributed by atoms with Crippen LogP contribution in [0.15, 0.2) is 54.9 Å². The van der Waals surface area contributed by atoms with Crippen molar-refractivity contribution in [1.29, 1.82) is 5.26 Å². The number of amides is 4. The van der Waals surface area contributed by atoms with Crippen molar-refractivity contribution in [3.63, 3.8) is 0 Å². The Morgan fingerprint density at radius 1 is 0.840 bits per heavy atom. The van der Waals surface area contributed by atoms with E-state index in [4.69, 9.17) is 4.98 Å². The van der Waals surface area contributed by atoms with Crippen LogP contribution in [0.5, 0.6) is 0 Å². The van der Waals surface area contributed by atoms with Crippen LogP contribution in [0.25, 0.3) is 0 Å². The zero-order valence-electron chi connectivity index (χ0n) is 43.4. The number of piperidine rings is 3. The van der Waals surface area contributed by atoms with Crippen LogP contribution in [0.1, 0.15) is 133 Å². The van der Waals surface area contributed by atoms with Crippen molar-refractivity contribution in [1.82, 2.24) is 44.7 Å². The number of carbonyl (C=O) groups is 4. The summed E-state index contributed by atoms with van der Waals surface area (Å²) in [5, 5.41) is 20.4. The molecular formula is C56H67F3N12O4. The molecule has 3 atom stereocenters. The summed E-state index contributed by atoms with van der Waals surface area (Å²) in [5.74, 6) is 1.17. The average molecular weight is 1030 g/mol. The Morgan fingerprint density at radius 3 is 2.23 bits per heavy atom. The number of alkyl halides is 3. The number of halogens is 3. The molecule has 5 fully saturated rings. The van der Waals surface area contributed by atoms with E-state index in [1.54, 1.807) is 23.4 Å². The molecule has 16 nitrogen and oxygen atoms in total. The Kier molecular flexibility index (Phi) is 13.4. The molecule has 19 heteroatoms. The molecule has 1 aliphatic carbocycles. The average Bonchev–Trinajstić information content (AvgIpc) is 4.01. The Labute approximate surface area is 436 Å². The number of likely N-dealkylation sites (tertiary alicyclic amines) is 1. The van der Waals surface area contributed by atoms with Gasteiger partial charge >= 0.3 is 6.18 Å². The molecular weight excluding hydrogens is 962 g/mol. The van der Waals surface area contributed by atoms with Crippen molar-refractivity contribution in [3.8, 4) is 6.07 Å². The molecule has 6 aliphatic heterocycles. The van der Waals surface area contributed by atoms with Crippen molar-refractivity contribution in [2.24, 2.45) is 24.8 Å². The highest BCUT2D eigenvalue weighted by atomic mass is 19.4. The van der Waals surface area contributed by atoms with Crippen molar-refractivity contribution >= 4 is 35.1 Å². The molecule has 0 bridgehead atoms. The summed E-state index contributed by atoms with van der Waals surface area (Å²) in [6.45, 7) is 15.0. The van der Waals surface area contributed by atoms with Gasteiger partial charge in [0.05, 0.1) is 35.5 Å². The minimum absolute atomic E-state index is 0.00874. The fraction of sp³-hybridized carbons (Fsp3) is 0.571. The van der Waals surface area contributed by atoms with Crippen LogP contribution in [-0.4, -0.2) is 133 Å².